The Morgan fingerprint density at radius 1 is 1.37 bits per heavy atom. The first-order chi connectivity index (χ1) is 14.2. The van der Waals surface area contributed by atoms with E-state index in [9.17, 15) is 4.79 Å². The van der Waals surface area contributed by atoms with Crippen LogP contribution < -0.4 is 11.1 Å². The molecule has 1 amide bonds. The molecule has 0 unspecified atom stereocenters. The van der Waals surface area contributed by atoms with Crippen LogP contribution in [0.15, 0.2) is 18.3 Å². The first kappa shape index (κ1) is 19.0. The van der Waals surface area contributed by atoms with Gasteiger partial charge in [-0.15, -0.1) is 0 Å². The number of hydrogen-bond acceptors (Lipinski definition) is 6. The maximum atomic E-state index is 15.1. The smallest absolute Gasteiger partial charge is 0.407 e. The minimum Gasteiger partial charge on any atom is -0.453 e. The van der Waals surface area contributed by atoms with Crippen LogP contribution in [0, 0.1) is 5.82 Å². The number of benzene rings is 1. The summed E-state index contributed by atoms with van der Waals surface area (Å²) in [5.41, 5.74) is 6.84. The van der Waals surface area contributed by atoms with Crippen LogP contribution in [0.2, 0.25) is 5.02 Å². The first-order valence-electron chi connectivity index (χ1n) is 9.58. The van der Waals surface area contributed by atoms with Crippen molar-refractivity contribution in [3.8, 4) is 11.3 Å². The number of halogens is 2. The lowest BCUT2D eigenvalue weighted by Crippen LogP contribution is -2.30. The van der Waals surface area contributed by atoms with Crippen LogP contribution in [0.1, 0.15) is 38.6 Å². The highest BCUT2D eigenvalue weighted by Crippen LogP contribution is 2.78. The van der Waals surface area contributed by atoms with E-state index in [1.165, 1.54) is 19.4 Å². The molecule has 2 heterocycles. The normalized spacial score (nSPS) is 24.1. The maximum absolute atomic E-state index is 15.1. The number of imidazole rings is 1. The van der Waals surface area contributed by atoms with Gasteiger partial charge in [-0.25, -0.2) is 24.1 Å². The zero-order chi connectivity index (χ0) is 21.4. The van der Waals surface area contributed by atoms with E-state index in [-0.39, 0.29) is 33.5 Å². The van der Waals surface area contributed by atoms with E-state index in [1.54, 1.807) is 0 Å². The predicted molar refractivity (Wildman–Crippen MR) is 110 cm³/mol. The molecule has 3 N–H and O–H groups in total. The quantitative estimate of drug-likeness (QED) is 0.654. The molecule has 0 saturated heterocycles. The Morgan fingerprint density at radius 2 is 2.10 bits per heavy atom. The van der Waals surface area contributed by atoms with Gasteiger partial charge in [0.2, 0.25) is 5.95 Å². The lowest BCUT2D eigenvalue weighted by molar-refractivity contribution is 0.168. The molecule has 0 radical (unpaired) electrons. The largest absolute Gasteiger partial charge is 0.453 e. The van der Waals surface area contributed by atoms with Gasteiger partial charge in [-0.3, -0.25) is 0 Å². The Morgan fingerprint density at radius 3 is 2.77 bits per heavy atom. The zero-order valence-corrected chi connectivity index (χ0v) is 17.4. The molecule has 2 aliphatic carbocycles. The molecule has 0 bridgehead atoms. The number of hydrogen-bond donors (Lipinski definition) is 2. The molecule has 30 heavy (non-hydrogen) atoms. The minimum absolute atomic E-state index is 0.0250. The van der Waals surface area contributed by atoms with Crippen LogP contribution in [-0.4, -0.2) is 38.3 Å². The maximum Gasteiger partial charge on any atom is 0.407 e. The van der Waals surface area contributed by atoms with Gasteiger partial charge in [0, 0.05) is 11.6 Å². The third-order valence-electron chi connectivity index (χ3n) is 6.13. The lowest BCUT2D eigenvalue weighted by Gasteiger charge is -2.15. The van der Waals surface area contributed by atoms with E-state index in [4.69, 9.17) is 22.1 Å². The second-order valence-corrected chi connectivity index (χ2v) is 8.69. The lowest BCUT2D eigenvalue weighted by atomic mass is 10.1. The Balaban J connectivity index is 1.65. The molecule has 5 rings (SSSR count). The molecule has 3 aromatic rings. The number of ether oxygens (including phenoxy) is 1. The summed E-state index contributed by atoms with van der Waals surface area (Å²) in [4.78, 5) is 24.4. The van der Waals surface area contributed by atoms with Crippen molar-refractivity contribution < 1.29 is 13.9 Å². The van der Waals surface area contributed by atoms with E-state index < -0.39 is 11.9 Å². The SMILES string of the molecule is COC(=O)NC12CC1(c1nc3c(F)cc(-c4nc(N)ncc4Cl)cc3n1C(C)C)C2. The number of anilines is 1. The summed E-state index contributed by atoms with van der Waals surface area (Å²) in [5, 5.41) is 3.19. The fraction of sp³-hybridized carbons (Fsp3) is 0.400. The molecule has 8 nitrogen and oxygen atoms in total. The molecule has 1 aromatic carbocycles. The summed E-state index contributed by atoms with van der Waals surface area (Å²) in [7, 11) is 1.34. The number of methoxy groups -OCH3 is 1. The van der Waals surface area contributed by atoms with E-state index in [0.717, 1.165) is 18.7 Å². The van der Waals surface area contributed by atoms with Gasteiger partial charge in [0.1, 0.15) is 11.3 Å². The molecular formula is C20H20ClFN6O2. The zero-order valence-electron chi connectivity index (χ0n) is 16.7. The molecule has 2 saturated carbocycles. The Hall–Kier alpha value is -2.94. The van der Waals surface area contributed by atoms with Crippen molar-refractivity contribution in [1.82, 2.24) is 24.8 Å². The van der Waals surface area contributed by atoms with Crippen LogP contribution >= 0.6 is 11.6 Å². The highest BCUT2D eigenvalue weighted by Gasteiger charge is 2.87. The second kappa shape index (κ2) is 6.04. The Kier molecular flexibility index (Phi) is 3.83. The number of carbonyl (C=O) groups excluding carboxylic acids is 1. The van der Waals surface area contributed by atoms with Crippen molar-refractivity contribution >= 4 is 34.7 Å². The molecule has 0 spiro atoms. The van der Waals surface area contributed by atoms with Crippen molar-refractivity contribution in [3.63, 3.8) is 0 Å². The fourth-order valence-corrected chi connectivity index (χ4v) is 4.65. The molecule has 0 aliphatic heterocycles. The number of carbonyl (C=O) groups is 1. The fourth-order valence-electron chi connectivity index (χ4n) is 4.45. The van der Waals surface area contributed by atoms with Gasteiger partial charge >= 0.3 is 6.09 Å². The molecular weight excluding hydrogens is 411 g/mol. The average Bonchev–Trinajstić information content (AvgIpc) is 3.42. The van der Waals surface area contributed by atoms with Crippen LogP contribution in [0.25, 0.3) is 22.3 Å². The number of fused-ring (bicyclic) bond motifs is 2. The minimum atomic E-state index is -0.472. The number of nitrogens with one attached hydrogen (secondary N) is 1. The first-order valence-corrected chi connectivity index (χ1v) is 9.96. The molecule has 2 fully saturated rings. The number of rotatable bonds is 4. The number of amides is 1. The summed E-state index contributed by atoms with van der Waals surface area (Å²) < 4.78 is 21.9. The molecule has 2 aromatic heterocycles. The van der Waals surface area contributed by atoms with Crippen LogP contribution in [-0.2, 0) is 10.2 Å². The number of alkyl carbamates (subject to hydrolysis) is 1. The van der Waals surface area contributed by atoms with E-state index in [2.05, 4.69) is 20.3 Å². The van der Waals surface area contributed by atoms with E-state index >= 15 is 4.39 Å². The molecule has 10 heteroatoms. The number of nitrogens with zero attached hydrogens (tertiary/aromatic N) is 4. The van der Waals surface area contributed by atoms with Crippen LogP contribution in [0.5, 0.6) is 0 Å². The highest BCUT2D eigenvalue weighted by atomic mass is 35.5. The van der Waals surface area contributed by atoms with Crippen molar-refractivity contribution in [2.45, 2.75) is 43.7 Å². The number of nitrogens with two attached hydrogens (primary N) is 1. The highest BCUT2D eigenvalue weighted by molar-refractivity contribution is 6.33. The van der Waals surface area contributed by atoms with Crippen molar-refractivity contribution in [3.05, 3.63) is 35.0 Å². The van der Waals surface area contributed by atoms with E-state index in [1.807, 2.05) is 24.5 Å². The number of nitrogen functional groups attached to an aromatic ring is 1. The predicted octanol–water partition coefficient (Wildman–Crippen LogP) is 3.59. The molecule has 0 atom stereocenters. The molecule has 2 aliphatic rings. The topological polar surface area (TPSA) is 108 Å². The van der Waals surface area contributed by atoms with Crippen molar-refractivity contribution in [2.24, 2.45) is 0 Å². The van der Waals surface area contributed by atoms with Crippen molar-refractivity contribution in [2.75, 3.05) is 12.8 Å². The molecule has 156 valence electrons. The Bertz CT molecular complexity index is 1220. The third kappa shape index (κ3) is 2.51. The van der Waals surface area contributed by atoms with Gasteiger partial charge in [0.25, 0.3) is 0 Å². The van der Waals surface area contributed by atoms with Gasteiger partial charge in [-0.05, 0) is 38.8 Å². The van der Waals surface area contributed by atoms with Gasteiger partial charge < -0.3 is 20.4 Å². The third-order valence-corrected chi connectivity index (χ3v) is 6.41. The standard InChI is InChI=1S/C20H20ClFN6O2/c1-9(2)28-13-5-10(14-11(21)6-24-17(23)26-14)4-12(22)15(13)25-16(28)19-7-20(19,8-19)27-18(29)30-3/h4-6,9H,7-8H2,1-3H3,(H,27,29)(H2,23,24,26). The summed E-state index contributed by atoms with van der Waals surface area (Å²) in [6, 6.07) is 3.20. The van der Waals surface area contributed by atoms with Gasteiger partial charge in [0.15, 0.2) is 5.82 Å². The summed E-state index contributed by atoms with van der Waals surface area (Å²) in [6.45, 7) is 4.03. The van der Waals surface area contributed by atoms with Gasteiger partial charge in [-0.2, -0.15) is 0 Å². The monoisotopic (exact) mass is 430 g/mol. The summed E-state index contributed by atoms with van der Waals surface area (Å²) in [5.74, 6) is 0.357. The Labute approximate surface area is 176 Å². The van der Waals surface area contributed by atoms with E-state index in [0.29, 0.717) is 16.8 Å². The average molecular weight is 431 g/mol. The number of aromatic nitrogens is 4. The second-order valence-electron chi connectivity index (χ2n) is 8.28. The van der Waals surface area contributed by atoms with Crippen molar-refractivity contribution in [1.29, 1.82) is 0 Å². The summed E-state index contributed by atoms with van der Waals surface area (Å²) >= 11 is 6.23. The van der Waals surface area contributed by atoms with Crippen LogP contribution in [0.4, 0.5) is 15.1 Å². The van der Waals surface area contributed by atoms with Gasteiger partial charge in [-0.1, -0.05) is 11.6 Å². The van der Waals surface area contributed by atoms with Gasteiger partial charge in [0.05, 0.1) is 40.5 Å². The van der Waals surface area contributed by atoms with Crippen LogP contribution in [0.3, 0.4) is 0 Å². The summed E-state index contributed by atoms with van der Waals surface area (Å²) in [6.07, 6.45) is 2.44.